The molecule has 0 bridgehead atoms. The second-order valence-corrected chi connectivity index (χ2v) is 13.7. The van der Waals surface area contributed by atoms with E-state index >= 15 is 0 Å². The molecule has 6 rings (SSSR count). The molecule has 0 radical (unpaired) electrons. The lowest BCUT2D eigenvalue weighted by atomic mass is 9.83. The molecule has 0 aromatic carbocycles. The van der Waals surface area contributed by atoms with Crippen molar-refractivity contribution in [3.63, 3.8) is 0 Å². The van der Waals surface area contributed by atoms with Crippen molar-refractivity contribution in [3.8, 4) is 0 Å². The largest absolute Gasteiger partial charge is 0.352 e. The van der Waals surface area contributed by atoms with Gasteiger partial charge in [-0.3, -0.25) is 9.59 Å². The van der Waals surface area contributed by atoms with Gasteiger partial charge in [0.05, 0.1) is 10.6 Å². The number of amides is 2. The Morgan fingerprint density at radius 2 is 2.06 bits per heavy atom. The van der Waals surface area contributed by atoms with Crippen LogP contribution in [0.1, 0.15) is 71.4 Å². The van der Waals surface area contributed by atoms with Gasteiger partial charge in [-0.25, -0.2) is 4.98 Å². The van der Waals surface area contributed by atoms with Crippen molar-refractivity contribution in [1.82, 2.24) is 10.3 Å². The van der Waals surface area contributed by atoms with E-state index in [2.05, 4.69) is 15.6 Å². The van der Waals surface area contributed by atoms with Gasteiger partial charge in [0.1, 0.15) is 5.00 Å². The number of fused-ring (bicyclic) bond motifs is 1. The van der Waals surface area contributed by atoms with E-state index in [-0.39, 0.29) is 17.7 Å². The Bertz CT molecular complexity index is 1210. The summed E-state index contributed by atoms with van der Waals surface area (Å²) in [5, 5.41) is 8.14. The Kier molecular flexibility index (Phi) is 6.71. The number of carbonyl (C=O) groups excluding carboxylic acids is 2. The van der Waals surface area contributed by atoms with Crippen molar-refractivity contribution in [2.24, 2.45) is 23.2 Å². The summed E-state index contributed by atoms with van der Waals surface area (Å²) in [6.07, 6.45) is 12.2. The van der Waals surface area contributed by atoms with E-state index in [1.807, 2.05) is 24.5 Å². The number of hydrogen-bond acceptors (Lipinski definition) is 6. The first-order valence-corrected chi connectivity index (χ1v) is 15.6. The van der Waals surface area contributed by atoms with Crippen LogP contribution >= 0.6 is 35.3 Å². The molecule has 1 spiro atoms. The third-order valence-electron chi connectivity index (χ3n) is 8.36. The van der Waals surface area contributed by atoms with Gasteiger partial charge in [0.2, 0.25) is 5.91 Å². The molecule has 5 nitrogen and oxygen atoms in total. The molecule has 2 atom stereocenters. The first kappa shape index (κ1) is 24.6. The molecule has 2 amide bonds. The molecular formula is C28H33N3O2S3. The number of thiophene rings is 1. The van der Waals surface area contributed by atoms with E-state index in [0.29, 0.717) is 17.3 Å². The van der Waals surface area contributed by atoms with Crippen molar-refractivity contribution in [2.45, 2.75) is 69.2 Å². The zero-order valence-electron chi connectivity index (χ0n) is 20.7. The minimum absolute atomic E-state index is 0.0204. The van der Waals surface area contributed by atoms with Crippen molar-refractivity contribution >= 4 is 57.0 Å². The van der Waals surface area contributed by atoms with E-state index in [4.69, 9.17) is 12.2 Å². The van der Waals surface area contributed by atoms with Crippen LogP contribution in [0.15, 0.2) is 23.2 Å². The van der Waals surface area contributed by atoms with E-state index in [0.717, 1.165) is 76.8 Å². The molecule has 0 saturated heterocycles. The smallest absolute Gasteiger partial charge is 0.254 e. The van der Waals surface area contributed by atoms with Crippen molar-refractivity contribution in [2.75, 3.05) is 18.1 Å². The van der Waals surface area contributed by atoms with Crippen LogP contribution in [0.4, 0.5) is 5.00 Å². The summed E-state index contributed by atoms with van der Waals surface area (Å²) in [6, 6.07) is 6.12. The Morgan fingerprint density at radius 1 is 1.22 bits per heavy atom. The molecule has 0 aliphatic heterocycles. The molecule has 3 saturated carbocycles. The predicted octanol–water partition coefficient (Wildman–Crippen LogP) is 5.85. The molecular weight excluding hydrogens is 507 g/mol. The highest BCUT2D eigenvalue weighted by Gasteiger charge is 2.65. The van der Waals surface area contributed by atoms with Gasteiger partial charge in [0.25, 0.3) is 5.91 Å². The number of hydrogen-bond donors (Lipinski definition) is 2. The fourth-order valence-electron chi connectivity index (χ4n) is 5.70. The van der Waals surface area contributed by atoms with Crippen LogP contribution in [0.3, 0.4) is 0 Å². The lowest BCUT2D eigenvalue weighted by molar-refractivity contribution is -0.117. The number of aromatic nitrogens is 1. The highest BCUT2D eigenvalue weighted by Crippen LogP contribution is 2.70. The summed E-state index contributed by atoms with van der Waals surface area (Å²) in [4.78, 5) is 33.3. The number of thioether (sulfide) groups is 1. The maximum absolute atomic E-state index is 13.4. The predicted molar refractivity (Wildman–Crippen MR) is 150 cm³/mol. The van der Waals surface area contributed by atoms with Crippen LogP contribution < -0.4 is 10.6 Å². The minimum atomic E-state index is -0.0204. The second kappa shape index (κ2) is 9.84. The van der Waals surface area contributed by atoms with Gasteiger partial charge >= 0.3 is 0 Å². The topological polar surface area (TPSA) is 71.1 Å². The third kappa shape index (κ3) is 5.27. The van der Waals surface area contributed by atoms with E-state index in [9.17, 15) is 9.59 Å². The summed E-state index contributed by atoms with van der Waals surface area (Å²) < 4.78 is 0. The Balaban J connectivity index is 1.16. The monoisotopic (exact) mass is 539 g/mol. The molecule has 4 aliphatic carbocycles. The van der Waals surface area contributed by atoms with Gasteiger partial charge in [-0.1, -0.05) is 18.3 Å². The molecule has 2 aromatic heterocycles. The fourth-order valence-corrected chi connectivity index (χ4v) is 7.75. The summed E-state index contributed by atoms with van der Waals surface area (Å²) in [5.41, 5.74) is 3.19. The van der Waals surface area contributed by atoms with Gasteiger partial charge in [-0.05, 0) is 104 Å². The number of nitrogens with one attached hydrogen (secondary N) is 2. The maximum Gasteiger partial charge on any atom is 0.254 e. The van der Waals surface area contributed by atoms with Crippen LogP contribution in [0.5, 0.6) is 0 Å². The quantitative estimate of drug-likeness (QED) is 0.293. The zero-order chi connectivity index (χ0) is 24.9. The van der Waals surface area contributed by atoms with Crippen LogP contribution in [-0.2, 0) is 24.1 Å². The highest BCUT2D eigenvalue weighted by molar-refractivity contribution is 7.98. The number of anilines is 1. The summed E-state index contributed by atoms with van der Waals surface area (Å²) in [7, 11) is 0. The highest BCUT2D eigenvalue weighted by atomic mass is 32.2. The lowest BCUT2D eigenvalue weighted by Gasteiger charge is -2.23. The number of thiocarbonyl (C=S) groups is 1. The van der Waals surface area contributed by atoms with Crippen molar-refractivity contribution < 1.29 is 9.59 Å². The average Bonchev–Trinajstić information content (AvgIpc) is 3.79. The van der Waals surface area contributed by atoms with E-state index in [1.54, 1.807) is 23.1 Å². The van der Waals surface area contributed by atoms with Crippen molar-refractivity contribution in [1.29, 1.82) is 0 Å². The fraction of sp³-hybridized carbons (Fsp3) is 0.571. The zero-order valence-corrected chi connectivity index (χ0v) is 23.2. The third-order valence-corrected chi connectivity index (χ3v) is 10.5. The lowest BCUT2D eigenvalue weighted by Crippen LogP contribution is -2.28. The number of nitrogens with zero attached hydrogens (tertiary/aromatic N) is 1. The molecule has 36 heavy (non-hydrogen) atoms. The van der Waals surface area contributed by atoms with Gasteiger partial charge in [-0.15, -0.1) is 23.1 Å². The SMILES string of the molecule is CSc1cccc(CC(=S)C[C@H]2CCc3sc(NC(=O)C4CC45CC5)c(C(=O)NCC4CC4)c3C2)n1. The molecule has 4 aliphatic rings. The normalized spacial score (nSPS) is 23.1. The summed E-state index contributed by atoms with van der Waals surface area (Å²) in [5.74, 6) is 1.27. The molecule has 2 N–H and O–H groups in total. The standard InChI is InChI=1S/C28H33N3O2S3/c1-35-23-4-2-3-18(30-23)13-19(34)11-17-7-8-22-20(12-17)24(26(33)29-15-16-5-6-16)27(36-22)31-25(32)21-14-28(21)9-10-28/h2-4,16-17,21H,5-15H2,1H3,(H,29,33)(H,31,32)/t17-,21?/m1/s1. The second-order valence-electron chi connectivity index (χ2n) is 11.2. The molecule has 3 fully saturated rings. The Morgan fingerprint density at radius 3 is 2.78 bits per heavy atom. The summed E-state index contributed by atoms with van der Waals surface area (Å²) in [6.45, 7) is 0.734. The summed E-state index contributed by atoms with van der Waals surface area (Å²) >= 11 is 9.07. The number of aryl methyl sites for hydroxylation is 1. The van der Waals surface area contributed by atoms with Crippen molar-refractivity contribution in [3.05, 3.63) is 39.9 Å². The van der Waals surface area contributed by atoms with Crippen LogP contribution in [0, 0.1) is 23.2 Å². The first-order valence-electron chi connectivity index (χ1n) is 13.2. The molecule has 1 unspecified atom stereocenters. The minimum Gasteiger partial charge on any atom is -0.352 e. The maximum atomic E-state index is 13.4. The average molecular weight is 540 g/mol. The van der Waals surface area contributed by atoms with E-state index < -0.39 is 0 Å². The van der Waals surface area contributed by atoms with Crippen LogP contribution in [0.2, 0.25) is 0 Å². The molecule has 190 valence electrons. The molecule has 2 heterocycles. The molecule has 2 aromatic rings. The van der Waals surface area contributed by atoms with E-state index in [1.165, 1.54) is 30.6 Å². The molecule has 8 heteroatoms. The Labute approximate surface area is 226 Å². The number of carbonyl (C=O) groups is 2. The van der Waals surface area contributed by atoms with Gasteiger partial charge in [0.15, 0.2) is 0 Å². The van der Waals surface area contributed by atoms with Gasteiger partial charge in [-0.2, -0.15) is 0 Å². The first-order chi connectivity index (χ1) is 17.4. The van der Waals surface area contributed by atoms with Gasteiger partial charge < -0.3 is 10.6 Å². The van der Waals surface area contributed by atoms with Crippen LogP contribution in [0.25, 0.3) is 0 Å². The Hall–Kier alpha value is -1.77. The van der Waals surface area contributed by atoms with Gasteiger partial charge in [0, 0.05) is 29.5 Å². The number of pyridine rings is 1. The number of rotatable bonds is 10. The van der Waals surface area contributed by atoms with Crippen LogP contribution in [-0.4, -0.2) is 34.5 Å².